The van der Waals surface area contributed by atoms with Crippen molar-refractivity contribution >= 4 is 28.9 Å². The second-order valence-electron chi connectivity index (χ2n) is 8.20. The highest BCUT2D eigenvalue weighted by Gasteiger charge is 2.44. The number of Topliss-reactive ketones (excluding diaryl/α,β-unsaturated/α-hetero) is 1. The first-order chi connectivity index (χ1) is 13.7. The quantitative estimate of drug-likeness (QED) is 0.598. The lowest BCUT2D eigenvalue weighted by Crippen LogP contribution is -2.38. The number of anilines is 2. The average molecular weight is 395 g/mol. The maximum Gasteiger partial charge on any atom is 0.433 e. The van der Waals surface area contributed by atoms with E-state index >= 15 is 0 Å². The maximum atomic E-state index is 13.2. The fourth-order valence-electron chi connectivity index (χ4n) is 4.19. The van der Waals surface area contributed by atoms with Crippen molar-refractivity contribution in [2.75, 3.05) is 10.2 Å². The van der Waals surface area contributed by atoms with Crippen LogP contribution in [0.1, 0.15) is 45.4 Å². The van der Waals surface area contributed by atoms with Crippen LogP contribution < -0.4 is 10.2 Å². The third kappa shape index (κ3) is 3.20. The molecule has 8 nitrogen and oxygen atoms in total. The number of hydrogen-bond acceptors (Lipinski definition) is 6. The minimum atomic E-state index is -0.879. The fraction of sp³-hybridized carbons (Fsp3) is 0.333. The summed E-state index contributed by atoms with van der Waals surface area (Å²) in [4.78, 5) is 38.0. The van der Waals surface area contributed by atoms with E-state index < -0.39 is 16.8 Å². The van der Waals surface area contributed by atoms with Gasteiger partial charge in [-0.3, -0.25) is 24.6 Å². The van der Waals surface area contributed by atoms with Gasteiger partial charge in [-0.25, -0.2) is 0 Å². The van der Waals surface area contributed by atoms with E-state index in [1.165, 1.54) is 24.0 Å². The van der Waals surface area contributed by atoms with E-state index in [1.807, 2.05) is 26.0 Å². The van der Waals surface area contributed by atoms with E-state index in [9.17, 15) is 19.7 Å². The van der Waals surface area contributed by atoms with Crippen molar-refractivity contribution in [3.8, 4) is 0 Å². The number of nitrogens with one attached hydrogen (secondary N) is 1. The van der Waals surface area contributed by atoms with Gasteiger partial charge in [0.2, 0.25) is 5.91 Å². The predicted octanol–water partition coefficient (Wildman–Crippen LogP) is 4.35. The SMILES string of the molecule is CC(=O)N1c2ccccc2NC2=C(C(=O)CC(C)(C)C2)[C@@H]1c1ccc([N+](=O)[O-])o1. The normalized spacial score (nSPS) is 20.4. The van der Waals surface area contributed by atoms with E-state index in [-0.39, 0.29) is 22.9 Å². The lowest BCUT2D eigenvalue weighted by Gasteiger charge is -2.35. The summed E-state index contributed by atoms with van der Waals surface area (Å²) in [5.74, 6) is -0.646. The van der Waals surface area contributed by atoms with Crippen LogP contribution >= 0.6 is 0 Å². The first kappa shape index (κ1) is 18.9. The minimum absolute atomic E-state index is 0.105. The van der Waals surface area contributed by atoms with Gasteiger partial charge in [0, 0.05) is 24.6 Å². The van der Waals surface area contributed by atoms with Crippen molar-refractivity contribution < 1.29 is 18.9 Å². The lowest BCUT2D eigenvalue weighted by molar-refractivity contribution is -0.402. The molecule has 1 aliphatic heterocycles. The molecule has 0 unspecified atom stereocenters. The number of ketones is 1. The van der Waals surface area contributed by atoms with E-state index in [0.717, 1.165) is 0 Å². The second-order valence-corrected chi connectivity index (χ2v) is 8.20. The van der Waals surface area contributed by atoms with Gasteiger partial charge in [0.05, 0.1) is 17.4 Å². The Balaban J connectivity index is 1.99. The molecule has 1 atom stereocenters. The average Bonchev–Trinajstić information content (AvgIpc) is 3.05. The number of fused-ring (bicyclic) bond motifs is 1. The van der Waals surface area contributed by atoms with Gasteiger partial charge in [-0.1, -0.05) is 26.0 Å². The molecule has 0 saturated carbocycles. The number of nitrogens with zero attached hydrogens (tertiary/aromatic N) is 2. The maximum absolute atomic E-state index is 13.2. The van der Waals surface area contributed by atoms with Crippen molar-refractivity contribution in [2.24, 2.45) is 5.41 Å². The molecule has 2 heterocycles. The van der Waals surface area contributed by atoms with Crippen molar-refractivity contribution in [3.63, 3.8) is 0 Å². The monoisotopic (exact) mass is 395 g/mol. The van der Waals surface area contributed by atoms with Crippen LogP contribution in [0.15, 0.2) is 52.1 Å². The summed E-state index contributed by atoms with van der Waals surface area (Å²) < 4.78 is 5.48. The number of rotatable bonds is 2. The van der Waals surface area contributed by atoms with Crippen LogP contribution in [0.2, 0.25) is 0 Å². The van der Waals surface area contributed by atoms with E-state index in [2.05, 4.69) is 5.32 Å². The molecule has 4 rings (SSSR count). The molecule has 1 aromatic heterocycles. The topological polar surface area (TPSA) is 106 Å². The highest BCUT2D eigenvalue weighted by molar-refractivity contribution is 6.05. The molecule has 1 aliphatic carbocycles. The van der Waals surface area contributed by atoms with E-state index in [1.54, 1.807) is 12.1 Å². The van der Waals surface area contributed by atoms with Crippen molar-refractivity contribution in [1.82, 2.24) is 0 Å². The smallest absolute Gasteiger partial charge is 0.403 e. The molecular formula is C21H21N3O5. The minimum Gasteiger partial charge on any atom is -0.403 e. The molecule has 1 amide bonds. The van der Waals surface area contributed by atoms with Crippen LogP contribution in [0, 0.1) is 15.5 Å². The number of hydrogen-bond donors (Lipinski definition) is 1. The molecule has 8 heteroatoms. The van der Waals surface area contributed by atoms with Crippen LogP contribution in [0.4, 0.5) is 17.3 Å². The van der Waals surface area contributed by atoms with Crippen molar-refractivity contribution in [1.29, 1.82) is 0 Å². The van der Waals surface area contributed by atoms with Gasteiger partial charge in [0.1, 0.15) is 16.7 Å². The lowest BCUT2D eigenvalue weighted by atomic mass is 9.74. The molecule has 150 valence electrons. The van der Waals surface area contributed by atoms with Crippen LogP contribution in [0.5, 0.6) is 0 Å². The molecule has 2 aliphatic rings. The van der Waals surface area contributed by atoms with Crippen molar-refractivity contribution in [3.05, 3.63) is 63.5 Å². The zero-order valence-corrected chi connectivity index (χ0v) is 16.4. The Kier molecular flexibility index (Phi) is 4.29. The number of para-hydroxylation sites is 2. The van der Waals surface area contributed by atoms with Gasteiger partial charge in [0.25, 0.3) is 0 Å². The van der Waals surface area contributed by atoms with Crippen LogP contribution in [-0.4, -0.2) is 16.6 Å². The summed E-state index contributed by atoms with van der Waals surface area (Å²) >= 11 is 0. The third-order valence-corrected chi connectivity index (χ3v) is 5.30. The number of amides is 1. The Morgan fingerprint density at radius 3 is 2.62 bits per heavy atom. The Hall–Kier alpha value is -3.42. The van der Waals surface area contributed by atoms with Gasteiger partial charge in [-0.2, -0.15) is 0 Å². The number of nitro groups is 1. The molecule has 1 aromatic carbocycles. The van der Waals surface area contributed by atoms with Gasteiger partial charge in [-0.05, 0) is 30.0 Å². The van der Waals surface area contributed by atoms with Gasteiger partial charge < -0.3 is 9.73 Å². The largest absolute Gasteiger partial charge is 0.433 e. The number of carbonyl (C=O) groups excluding carboxylic acids is 2. The number of allylic oxidation sites excluding steroid dienone is 1. The molecule has 1 N–H and O–H groups in total. The molecule has 0 spiro atoms. The molecule has 0 saturated heterocycles. The summed E-state index contributed by atoms with van der Waals surface area (Å²) in [5, 5.41) is 14.5. The van der Waals surface area contributed by atoms with Crippen LogP contribution in [0.3, 0.4) is 0 Å². The summed E-state index contributed by atoms with van der Waals surface area (Å²) in [7, 11) is 0. The summed E-state index contributed by atoms with van der Waals surface area (Å²) in [5.41, 5.74) is 2.17. The number of furan rings is 1. The predicted molar refractivity (Wildman–Crippen MR) is 106 cm³/mol. The highest BCUT2D eigenvalue weighted by Crippen LogP contribution is 2.48. The number of benzene rings is 1. The second kappa shape index (κ2) is 6.58. The van der Waals surface area contributed by atoms with E-state index in [0.29, 0.717) is 35.5 Å². The summed E-state index contributed by atoms with van der Waals surface area (Å²) in [6.07, 6.45) is 0.919. The van der Waals surface area contributed by atoms with Gasteiger partial charge in [-0.15, -0.1) is 0 Å². The first-order valence-corrected chi connectivity index (χ1v) is 9.34. The first-order valence-electron chi connectivity index (χ1n) is 9.34. The third-order valence-electron chi connectivity index (χ3n) is 5.30. The Bertz CT molecular complexity index is 1070. The van der Waals surface area contributed by atoms with Crippen LogP contribution in [-0.2, 0) is 9.59 Å². The zero-order valence-electron chi connectivity index (χ0n) is 16.4. The van der Waals surface area contributed by atoms with Crippen molar-refractivity contribution in [2.45, 2.75) is 39.7 Å². The number of carbonyl (C=O) groups is 2. The molecule has 0 bridgehead atoms. The molecule has 2 aromatic rings. The molecular weight excluding hydrogens is 374 g/mol. The summed E-state index contributed by atoms with van der Waals surface area (Å²) in [6, 6.07) is 9.10. The Labute approximate surface area is 167 Å². The molecule has 0 fully saturated rings. The standard InChI is InChI=1S/C21H21N3O5/c1-12(25)23-15-7-5-4-6-13(15)22-14-10-21(2,3)11-16(26)19(14)20(23)17-8-9-18(29-17)24(27)28/h4-9,20,22H,10-11H2,1-3H3/t20-/m0/s1. The van der Waals surface area contributed by atoms with Gasteiger partial charge >= 0.3 is 5.88 Å². The zero-order chi connectivity index (χ0) is 20.9. The highest BCUT2D eigenvalue weighted by atomic mass is 16.6. The fourth-order valence-corrected chi connectivity index (χ4v) is 4.19. The van der Waals surface area contributed by atoms with E-state index in [4.69, 9.17) is 4.42 Å². The molecule has 29 heavy (non-hydrogen) atoms. The summed E-state index contributed by atoms with van der Waals surface area (Å²) in [6.45, 7) is 5.44. The Morgan fingerprint density at radius 1 is 1.24 bits per heavy atom. The van der Waals surface area contributed by atoms with Gasteiger partial charge in [0.15, 0.2) is 5.78 Å². The Morgan fingerprint density at radius 2 is 1.97 bits per heavy atom. The molecule has 0 radical (unpaired) electrons. The van der Waals surface area contributed by atoms with Crippen LogP contribution in [0.25, 0.3) is 0 Å².